The number of hydrogen-bond donors (Lipinski definition) is 3. The molecule has 0 aromatic carbocycles. The minimum absolute atomic E-state index is 0.104. The van der Waals surface area contributed by atoms with E-state index in [9.17, 15) is 43.2 Å². The number of ether oxygens (including phenoxy) is 4. The van der Waals surface area contributed by atoms with Gasteiger partial charge >= 0.3 is 39.5 Å². The molecule has 5 atom stereocenters. The van der Waals surface area contributed by atoms with Crippen molar-refractivity contribution in [1.29, 1.82) is 0 Å². The highest BCUT2D eigenvalue weighted by Gasteiger charge is 2.30. The van der Waals surface area contributed by atoms with E-state index in [4.69, 9.17) is 37.0 Å². The van der Waals surface area contributed by atoms with Gasteiger partial charge in [-0.2, -0.15) is 0 Å². The summed E-state index contributed by atoms with van der Waals surface area (Å²) in [5.41, 5.74) is 0. The molecule has 0 amide bonds. The lowest BCUT2D eigenvalue weighted by Gasteiger charge is -2.21. The molecular formula is C64H124O17P2. The van der Waals surface area contributed by atoms with Crippen molar-refractivity contribution in [3.05, 3.63) is 0 Å². The highest BCUT2D eigenvalue weighted by Crippen LogP contribution is 2.45. The van der Waals surface area contributed by atoms with Crippen molar-refractivity contribution in [3.63, 3.8) is 0 Å². The molecule has 0 fully saturated rings. The lowest BCUT2D eigenvalue weighted by atomic mass is 10.0. The maximum absolute atomic E-state index is 13.0. The Morgan fingerprint density at radius 1 is 0.325 bits per heavy atom. The molecule has 0 rings (SSSR count). The van der Waals surface area contributed by atoms with Crippen molar-refractivity contribution in [2.75, 3.05) is 39.6 Å². The van der Waals surface area contributed by atoms with E-state index in [2.05, 4.69) is 34.6 Å². The van der Waals surface area contributed by atoms with Crippen LogP contribution in [0.1, 0.15) is 324 Å². The van der Waals surface area contributed by atoms with Gasteiger partial charge in [0.2, 0.25) is 0 Å². The minimum atomic E-state index is -4.94. The first-order valence-corrected chi connectivity index (χ1v) is 36.6. The number of aliphatic hydroxyl groups excluding tert-OH is 1. The van der Waals surface area contributed by atoms with Crippen LogP contribution in [0.25, 0.3) is 0 Å². The van der Waals surface area contributed by atoms with E-state index in [1.54, 1.807) is 0 Å². The second-order valence-corrected chi connectivity index (χ2v) is 26.5. The average Bonchev–Trinajstić information content (AvgIpc) is 3.47. The maximum Gasteiger partial charge on any atom is 0.472 e. The Morgan fingerprint density at radius 2 is 0.554 bits per heavy atom. The van der Waals surface area contributed by atoms with Crippen molar-refractivity contribution in [3.8, 4) is 0 Å². The van der Waals surface area contributed by atoms with Crippen molar-refractivity contribution in [1.82, 2.24) is 0 Å². The molecule has 0 aromatic heterocycles. The van der Waals surface area contributed by atoms with E-state index < -0.39 is 97.5 Å². The van der Waals surface area contributed by atoms with E-state index in [0.29, 0.717) is 25.7 Å². The quantitative estimate of drug-likeness (QED) is 0.0222. The number of unbranched alkanes of at least 4 members (excludes halogenated alkanes) is 36. The summed E-state index contributed by atoms with van der Waals surface area (Å²) in [6.07, 6.45) is 42.2. The second-order valence-electron chi connectivity index (χ2n) is 23.6. The number of hydrogen-bond acceptors (Lipinski definition) is 15. The van der Waals surface area contributed by atoms with Crippen molar-refractivity contribution < 1.29 is 80.2 Å². The SMILES string of the molecule is CCCCCCCCCCCCCCCCCCCC(=O)O[C@H](COC(=O)CCCCCCCCCCCCC(C)C)COP(=O)(O)OC[C@@H](O)COP(=O)(O)OC[C@@H](COC(=O)CCCCCCC)OC(=O)CCCCCCCCCC. The molecule has 19 heteroatoms. The second kappa shape index (κ2) is 57.8. The molecule has 17 nitrogen and oxygen atoms in total. The fourth-order valence-corrected chi connectivity index (χ4v) is 11.2. The van der Waals surface area contributed by atoms with E-state index in [1.165, 1.54) is 135 Å². The first kappa shape index (κ1) is 81.1. The minimum Gasteiger partial charge on any atom is -0.462 e. The first-order chi connectivity index (χ1) is 40.0. The smallest absolute Gasteiger partial charge is 0.462 e. The normalized spacial score (nSPS) is 14.2. The zero-order valence-corrected chi connectivity index (χ0v) is 55.1. The Kier molecular flexibility index (Phi) is 56.4. The van der Waals surface area contributed by atoms with Crippen LogP contribution < -0.4 is 0 Å². The van der Waals surface area contributed by atoms with Crippen LogP contribution in [0, 0.1) is 5.92 Å². The van der Waals surface area contributed by atoms with Gasteiger partial charge in [0, 0.05) is 25.7 Å². The van der Waals surface area contributed by atoms with Gasteiger partial charge in [0.25, 0.3) is 0 Å². The molecule has 0 bridgehead atoms. The van der Waals surface area contributed by atoms with E-state index in [-0.39, 0.29) is 25.7 Å². The number of aliphatic hydroxyl groups is 1. The summed E-state index contributed by atoms with van der Waals surface area (Å²) in [4.78, 5) is 71.9. The Labute approximate surface area is 505 Å². The molecular weight excluding hydrogens is 1100 g/mol. The average molecular weight is 1230 g/mol. The van der Waals surface area contributed by atoms with Crippen LogP contribution in [0.15, 0.2) is 0 Å². The van der Waals surface area contributed by atoms with Crippen molar-refractivity contribution in [2.45, 2.75) is 342 Å². The molecule has 0 radical (unpaired) electrons. The zero-order chi connectivity index (χ0) is 61.3. The van der Waals surface area contributed by atoms with E-state index in [1.807, 2.05) is 0 Å². The van der Waals surface area contributed by atoms with Crippen LogP contribution >= 0.6 is 15.6 Å². The van der Waals surface area contributed by atoms with Crippen molar-refractivity contribution >= 4 is 39.5 Å². The van der Waals surface area contributed by atoms with E-state index >= 15 is 0 Å². The monoisotopic (exact) mass is 1230 g/mol. The molecule has 3 N–H and O–H groups in total. The molecule has 0 saturated heterocycles. The Morgan fingerprint density at radius 3 is 0.819 bits per heavy atom. The molecule has 83 heavy (non-hydrogen) atoms. The van der Waals surface area contributed by atoms with Gasteiger partial charge in [-0.15, -0.1) is 0 Å². The standard InChI is InChI=1S/C64H124O17P2/c1-6-9-12-15-17-19-20-21-22-23-24-25-26-31-35-40-45-50-64(69)81-60(54-75-62(67)48-43-38-34-30-28-27-29-32-37-41-46-57(4)5)56-79-83(72,73)77-52-58(65)51-76-82(70,71)78-55-59(53-74-61(66)47-42-36-14-11-8-3)80-63(68)49-44-39-33-18-16-13-10-7-2/h57-60,65H,6-56H2,1-5H3,(H,70,71)(H,72,73)/t58-,59+,60+/m0/s1. The predicted molar refractivity (Wildman–Crippen MR) is 331 cm³/mol. The van der Waals surface area contributed by atoms with Crippen LogP contribution in [-0.2, 0) is 65.4 Å². The molecule has 2 unspecified atom stereocenters. The van der Waals surface area contributed by atoms with Crippen LogP contribution in [0.3, 0.4) is 0 Å². The van der Waals surface area contributed by atoms with Gasteiger partial charge in [-0.1, -0.05) is 272 Å². The van der Waals surface area contributed by atoms with Gasteiger partial charge < -0.3 is 33.8 Å². The molecule has 0 aliphatic heterocycles. The van der Waals surface area contributed by atoms with Gasteiger partial charge in [0.15, 0.2) is 12.2 Å². The van der Waals surface area contributed by atoms with Gasteiger partial charge in [-0.25, -0.2) is 9.13 Å². The molecule has 0 heterocycles. The lowest BCUT2D eigenvalue weighted by Crippen LogP contribution is -2.30. The van der Waals surface area contributed by atoms with Crippen LogP contribution in [0.5, 0.6) is 0 Å². The topological polar surface area (TPSA) is 237 Å². The summed E-state index contributed by atoms with van der Waals surface area (Å²) >= 11 is 0. The van der Waals surface area contributed by atoms with Crippen LogP contribution in [0.4, 0.5) is 0 Å². The maximum atomic E-state index is 13.0. The Hall–Kier alpha value is -1.94. The molecule has 492 valence electrons. The Balaban J connectivity index is 5.14. The number of carbonyl (C=O) groups is 4. The predicted octanol–water partition coefficient (Wildman–Crippen LogP) is 17.8. The Bertz CT molecular complexity index is 1620. The van der Waals surface area contributed by atoms with E-state index in [0.717, 1.165) is 109 Å². The number of esters is 4. The summed E-state index contributed by atoms with van der Waals surface area (Å²) in [7, 11) is -9.87. The molecule has 0 aliphatic carbocycles. The van der Waals surface area contributed by atoms with Crippen molar-refractivity contribution in [2.24, 2.45) is 5.92 Å². The van der Waals surface area contributed by atoms with Gasteiger partial charge in [-0.3, -0.25) is 37.3 Å². The van der Waals surface area contributed by atoms with Gasteiger partial charge in [0.05, 0.1) is 26.4 Å². The summed E-state index contributed by atoms with van der Waals surface area (Å²) in [5.74, 6) is -1.39. The zero-order valence-electron chi connectivity index (χ0n) is 53.3. The molecule has 0 aliphatic rings. The van der Waals surface area contributed by atoms with Crippen LogP contribution in [-0.4, -0.2) is 96.7 Å². The fourth-order valence-electron chi connectivity index (χ4n) is 9.58. The molecule has 0 aromatic rings. The fraction of sp³-hybridized carbons (Fsp3) is 0.938. The van der Waals surface area contributed by atoms with Gasteiger partial charge in [0.1, 0.15) is 19.3 Å². The van der Waals surface area contributed by atoms with Gasteiger partial charge in [-0.05, 0) is 31.6 Å². The highest BCUT2D eigenvalue weighted by atomic mass is 31.2. The molecule has 0 spiro atoms. The first-order valence-electron chi connectivity index (χ1n) is 33.6. The number of phosphoric ester groups is 2. The third-order valence-corrected chi connectivity index (χ3v) is 16.7. The number of rotatable bonds is 64. The summed E-state index contributed by atoms with van der Waals surface area (Å²) in [6, 6.07) is 0. The summed E-state index contributed by atoms with van der Waals surface area (Å²) < 4.78 is 67.7. The highest BCUT2D eigenvalue weighted by molar-refractivity contribution is 7.47. The summed E-state index contributed by atoms with van der Waals surface area (Å²) in [6.45, 7) is 7.08. The summed E-state index contributed by atoms with van der Waals surface area (Å²) in [5, 5.41) is 10.5. The largest absolute Gasteiger partial charge is 0.472 e. The number of phosphoric acid groups is 2. The third kappa shape index (κ3) is 58.8. The third-order valence-electron chi connectivity index (χ3n) is 14.8. The van der Waals surface area contributed by atoms with Crippen LogP contribution in [0.2, 0.25) is 0 Å². The number of carbonyl (C=O) groups excluding carboxylic acids is 4. The molecule has 0 saturated carbocycles. The lowest BCUT2D eigenvalue weighted by molar-refractivity contribution is -0.161.